The lowest BCUT2D eigenvalue weighted by molar-refractivity contribution is -0.136. The van der Waals surface area contributed by atoms with E-state index in [2.05, 4.69) is 27.0 Å². The van der Waals surface area contributed by atoms with E-state index < -0.39 is 29.5 Å². The molecule has 3 aromatic carbocycles. The first-order valence-corrected chi connectivity index (χ1v) is 15.8. The van der Waals surface area contributed by atoms with E-state index in [0.29, 0.717) is 21.3 Å². The molecule has 0 saturated carbocycles. The lowest BCUT2D eigenvalue weighted by Crippen LogP contribution is -2.33. The van der Waals surface area contributed by atoms with Gasteiger partial charge in [-0.15, -0.1) is 0 Å². The molecule has 0 radical (unpaired) electrons. The normalized spacial score (nSPS) is 14.0. The van der Waals surface area contributed by atoms with Crippen molar-refractivity contribution < 1.29 is 32.7 Å². The highest BCUT2D eigenvalue weighted by molar-refractivity contribution is 8.00. The Labute approximate surface area is 265 Å². The van der Waals surface area contributed by atoms with Gasteiger partial charge in [0.2, 0.25) is 0 Å². The number of anilines is 1. The number of carbonyl (C=O) groups is 3. The molecule has 0 fully saturated rings. The molecule has 0 saturated heterocycles. The van der Waals surface area contributed by atoms with E-state index in [4.69, 9.17) is 5.11 Å². The number of carbonyl (C=O) groups excluding carboxylic acids is 2. The van der Waals surface area contributed by atoms with Crippen LogP contribution in [0.2, 0.25) is 0 Å². The standard InChI is InChI=1S/C32H29F3N4O4S2/c33-32(34,35)45-24-14-15-25-26(18-24)44-31(37-25)39-30(43)38-28(21-8-6-20(7-9-21)19-4-2-1-3-5-19)22-10-12-23(13-11-22)29(42)36-17-16-27(40)41/h4,6-15,18,28H,1-3,5,16-17H2,(H,36,42)(H,40,41)(H2,37,38,39,43). The van der Waals surface area contributed by atoms with E-state index in [9.17, 15) is 27.6 Å². The topological polar surface area (TPSA) is 120 Å². The van der Waals surface area contributed by atoms with Gasteiger partial charge in [0.1, 0.15) is 0 Å². The molecule has 8 nitrogen and oxygen atoms in total. The summed E-state index contributed by atoms with van der Waals surface area (Å²) in [4.78, 5) is 40.8. The highest BCUT2D eigenvalue weighted by Crippen LogP contribution is 2.39. The number of nitrogens with one attached hydrogen (secondary N) is 3. The van der Waals surface area contributed by atoms with Crippen LogP contribution in [0.3, 0.4) is 0 Å². The minimum atomic E-state index is -4.41. The Bertz CT molecular complexity index is 1720. The Kier molecular flexibility index (Phi) is 10.1. The molecule has 0 spiro atoms. The largest absolute Gasteiger partial charge is 0.481 e. The summed E-state index contributed by atoms with van der Waals surface area (Å²) in [6.45, 7) is -0.00268. The van der Waals surface area contributed by atoms with Gasteiger partial charge in [-0.3, -0.25) is 14.9 Å². The number of halogens is 3. The third-order valence-electron chi connectivity index (χ3n) is 7.13. The van der Waals surface area contributed by atoms with Crippen LogP contribution in [-0.4, -0.2) is 40.1 Å². The number of hydrogen-bond acceptors (Lipinski definition) is 6. The fourth-order valence-corrected chi connectivity index (χ4v) is 6.54. The zero-order chi connectivity index (χ0) is 32.0. The summed E-state index contributed by atoms with van der Waals surface area (Å²) in [5, 5.41) is 17.3. The number of aliphatic carboxylic acids is 1. The van der Waals surface area contributed by atoms with Crippen molar-refractivity contribution in [2.45, 2.75) is 48.5 Å². The summed E-state index contributed by atoms with van der Waals surface area (Å²) in [6.07, 6.45) is 6.44. The first-order chi connectivity index (χ1) is 21.5. The third kappa shape index (κ3) is 8.85. The summed E-state index contributed by atoms with van der Waals surface area (Å²) in [5.74, 6) is -1.43. The van der Waals surface area contributed by atoms with Gasteiger partial charge in [-0.1, -0.05) is 53.8 Å². The zero-order valence-electron chi connectivity index (χ0n) is 23.8. The molecule has 45 heavy (non-hydrogen) atoms. The van der Waals surface area contributed by atoms with Crippen molar-refractivity contribution in [1.29, 1.82) is 0 Å². The molecule has 1 aliphatic carbocycles. The number of fused-ring (bicyclic) bond motifs is 1. The highest BCUT2D eigenvalue weighted by atomic mass is 32.2. The van der Waals surface area contributed by atoms with Crippen LogP contribution >= 0.6 is 23.1 Å². The van der Waals surface area contributed by atoms with Crippen molar-refractivity contribution in [1.82, 2.24) is 15.6 Å². The fraction of sp³-hybridized carbons (Fsp3) is 0.250. The van der Waals surface area contributed by atoms with Crippen LogP contribution in [0.15, 0.2) is 77.7 Å². The molecular weight excluding hydrogens is 626 g/mol. The van der Waals surface area contributed by atoms with E-state index in [1.807, 2.05) is 24.3 Å². The number of aromatic nitrogens is 1. The van der Waals surface area contributed by atoms with Crippen molar-refractivity contribution in [2.75, 3.05) is 11.9 Å². The van der Waals surface area contributed by atoms with Crippen molar-refractivity contribution in [3.8, 4) is 0 Å². The van der Waals surface area contributed by atoms with Gasteiger partial charge in [-0.2, -0.15) is 13.2 Å². The lowest BCUT2D eigenvalue weighted by atomic mass is 9.91. The molecule has 4 aromatic rings. The van der Waals surface area contributed by atoms with Gasteiger partial charge >= 0.3 is 17.5 Å². The first-order valence-electron chi connectivity index (χ1n) is 14.2. The van der Waals surface area contributed by atoms with Crippen LogP contribution < -0.4 is 16.0 Å². The number of amides is 3. The van der Waals surface area contributed by atoms with Gasteiger partial charge in [0.15, 0.2) is 5.13 Å². The Morgan fingerprint density at radius 2 is 1.69 bits per heavy atom. The van der Waals surface area contributed by atoms with Gasteiger partial charge in [0.25, 0.3) is 5.91 Å². The van der Waals surface area contributed by atoms with Crippen LogP contribution in [0.5, 0.6) is 0 Å². The third-order valence-corrected chi connectivity index (χ3v) is 8.78. The van der Waals surface area contributed by atoms with Crippen LogP contribution in [-0.2, 0) is 4.79 Å². The average Bonchev–Trinajstić information content (AvgIpc) is 3.41. The predicted octanol–water partition coefficient (Wildman–Crippen LogP) is 7.98. The second-order valence-corrected chi connectivity index (χ2v) is 12.5. The average molecular weight is 655 g/mol. The van der Waals surface area contributed by atoms with Crippen molar-refractivity contribution >= 4 is 61.9 Å². The monoisotopic (exact) mass is 654 g/mol. The number of alkyl halides is 3. The molecule has 0 bridgehead atoms. The predicted molar refractivity (Wildman–Crippen MR) is 169 cm³/mol. The quantitative estimate of drug-likeness (QED) is 0.129. The van der Waals surface area contributed by atoms with Gasteiger partial charge in [-0.05, 0) is 90.0 Å². The second kappa shape index (κ2) is 14.2. The molecule has 13 heteroatoms. The molecule has 4 N–H and O–H groups in total. The number of carboxylic acids is 1. The van der Waals surface area contributed by atoms with Crippen molar-refractivity contribution in [3.63, 3.8) is 0 Å². The number of hydrogen-bond donors (Lipinski definition) is 4. The maximum Gasteiger partial charge on any atom is 0.446 e. The summed E-state index contributed by atoms with van der Waals surface area (Å²) < 4.78 is 39.0. The number of nitrogens with zero attached hydrogens (tertiary/aromatic N) is 1. The molecule has 1 aromatic heterocycles. The Hall–Kier alpha value is -4.36. The number of thioether (sulfide) groups is 1. The Morgan fingerprint density at radius 1 is 0.978 bits per heavy atom. The highest BCUT2D eigenvalue weighted by Gasteiger charge is 2.29. The fourth-order valence-electron chi connectivity index (χ4n) is 4.98. The van der Waals surface area contributed by atoms with Gasteiger partial charge in [-0.25, -0.2) is 9.78 Å². The van der Waals surface area contributed by atoms with E-state index in [-0.39, 0.29) is 34.8 Å². The number of thiazole rings is 1. The molecule has 1 unspecified atom stereocenters. The molecule has 1 heterocycles. The summed E-state index contributed by atoms with van der Waals surface area (Å²) in [7, 11) is 0. The van der Waals surface area contributed by atoms with Crippen LogP contribution in [0.1, 0.15) is 65.2 Å². The number of benzene rings is 3. The van der Waals surface area contributed by atoms with E-state index >= 15 is 0 Å². The van der Waals surface area contributed by atoms with Crippen LogP contribution in [0.25, 0.3) is 15.8 Å². The molecule has 0 aliphatic heterocycles. The Morgan fingerprint density at radius 3 is 2.33 bits per heavy atom. The van der Waals surface area contributed by atoms with E-state index in [1.54, 1.807) is 24.3 Å². The molecular formula is C32H29F3N4O4S2. The van der Waals surface area contributed by atoms with E-state index in [1.165, 1.54) is 30.2 Å². The maximum atomic E-state index is 13.2. The molecule has 1 atom stereocenters. The SMILES string of the molecule is O=C(O)CCNC(=O)c1ccc(C(NC(=O)Nc2nc3ccc(SC(F)(F)F)cc3s2)c2ccc(C3=CCCCC3)cc2)cc1. The lowest BCUT2D eigenvalue weighted by Gasteiger charge is -2.21. The minimum absolute atomic E-state index is 0.00268. The first kappa shape index (κ1) is 32.0. The van der Waals surface area contributed by atoms with Gasteiger partial charge in [0.05, 0.1) is 22.7 Å². The van der Waals surface area contributed by atoms with Crippen LogP contribution in [0.4, 0.5) is 23.1 Å². The van der Waals surface area contributed by atoms with Gasteiger partial charge in [0, 0.05) is 17.0 Å². The van der Waals surface area contributed by atoms with Crippen LogP contribution in [0, 0.1) is 0 Å². The summed E-state index contributed by atoms with van der Waals surface area (Å²) >= 11 is 0.851. The number of urea groups is 1. The zero-order valence-corrected chi connectivity index (χ0v) is 25.5. The summed E-state index contributed by atoms with van der Waals surface area (Å²) in [5.41, 5.74) is 0.278. The van der Waals surface area contributed by atoms with Crippen molar-refractivity contribution in [2.24, 2.45) is 0 Å². The smallest absolute Gasteiger partial charge is 0.446 e. The molecule has 3 amide bonds. The molecule has 5 rings (SSSR count). The van der Waals surface area contributed by atoms with E-state index in [0.717, 1.165) is 41.7 Å². The number of allylic oxidation sites excluding steroid dienone is 2. The summed E-state index contributed by atoms with van der Waals surface area (Å²) in [6, 6.07) is 17.6. The minimum Gasteiger partial charge on any atom is -0.481 e. The Balaban J connectivity index is 1.35. The number of carboxylic acid groups (broad SMARTS) is 1. The second-order valence-electron chi connectivity index (χ2n) is 10.3. The maximum absolute atomic E-state index is 13.2. The van der Waals surface area contributed by atoms with Gasteiger partial charge < -0.3 is 15.7 Å². The molecule has 1 aliphatic rings. The van der Waals surface area contributed by atoms with Crippen molar-refractivity contribution in [3.05, 3.63) is 95.1 Å². The molecule has 234 valence electrons. The number of rotatable bonds is 10.